The van der Waals surface area contributed by atoms with Gasteiger partial charge in [-0.2, -0.15) is 18.3 Å². The van der Waals surface area contributed by atoms with E-state index in [0.29, 0.717) is 17.7 Å². The van der Waals surface area contributed by atoms with E-state index >= 15 is 0 Å². The molecule has 1 unspecified atom stereocenters. The molecule has 1 amide bonds. The van der Waals surface area contributed by atoms with E-state index in [1.165, 1.54) is 55.5 Å². The molecule has 1 N–H and O–H groups in total. The summed E-state index contributed by atoms with van der Waals surface area (Å²) >= 11 is 0. The lowest BCUT2D eigenvalue weighted by molar-refractivity contribution is -0.138. The van der Waals surface area contributed by atoms with E-state index in [0.717, 1.165) is 6.07 Å². The first kappa shape index (κ1) is 22.5. The van der Waals surface area contributed by atoms with Gasteiger partial charge in [0.2, 0.25) is 0 Å². The van der Waals surface area contributed by atoms with Gasteiger partial charge in [0.15, 0.2) is 5.78 Å². The molecule has 0 radical (unpaired) electrons. The van der Waals surface area contributed by atoms with Gasteiger partial charge in [0, 0.05) is 6.20 Å². The second kappa shape index (κ2) is 8.34. The molecule has 1 aliphatic heterocycles. The minimum atomic E-state index is -4.46. The maximum absolute atomic E-state index is 13.4. The number of ketones is 1. The van der Waals surface area contributed by atoms with Crippen LogP contribution in [-0.2, 0) is 6.18 Å². The van der Waals surface area contributed by atoms with Crippen molar-refractivity contribution in [2.75, 3.05) is 12.4 Å². The van der Waals surface area contributed by atoms with Crippen molar-refractivity contribution in [3.63, 3.8) is 0 Å². The van der Waals surface area contributed by atoms with Gasteiger partial charge in [-0.25, -0.2) is 0 Å². The number of anilines is 1. The number of alkyl halides is 3. The molecule has 3 aromatic rings. The Balaban J connectivity index is 1.65. The zero-order chi connectivity index (χ0) is 23.9. The lowest BCUT2D eigenvalue weighted by Gasteiger charge is -2.28. The number of pyridine rings is 1. The zero-order valence-corrected chi connectivity index (χ0v) is 18.1. The number of ether oxygens (including phenoxy) is 1. The molecule has 0 spiro atoms. The Morgan fingerprint density at radius 1 is 1.21 bits per heavy atom. The fourth-order valence-corrected chi connectivity index (χ4v) is 4.10. The highest BCUT2D eigenvalue weighted by atomic mass is 19.4. The van der Waals surface area contributed by atoms with Crippen LogP contribution in [0.5, 0.6) is 5.75 Å². The number of aromatic nitrogens is 3. The van der Waals surface area contributed by atoms with E-state index in [2.05, 4.69) is 15.4 Å². The maximum Gasteiger partial charge on any atom is 0.416 e. The number of benzene rings is 1. The number of carbonyl (C=O) groups excluding carboxylic acids is 2. The minimum Gasteiger partial charge on any atom is -0.495 e. The van der Waals surface area contributed by atoms with Crippen molar-refractivity contribution in [3.05, 3.63) is 70.8 Å². The number of nitrogens with one attached hydrogen (secondary N) is 1. The Hall–Kier alpha value is -3.69. The van der Waals surface area contributed by atoms with Gasteiger partial charge >= 0.3 is 6.18 Å². The summed E-state index contributed by atoms with van der Waals surface area (Å²) in [7, 11) is 1.45. The summed E-state index contributed by atoms with van der Waals surface area (Å²) in [6.07, 6.45) is 0.144. The van der Waals surface area contributed by atoms with E-state index in [1.54, 1.807) is 0 Å². The lowest BCUT2D eigenvalue weighted by Crippen LogP contribution is -2.29. The van der Waals surface area contributed by atoms with Crippen molar-refractivity contribution < 1.29 is 27.5 Å². The number of nitrogens with zero attached hydrogens (tertiary/aromatic N) is 3. The summed E-state index contributed by atoms with van der Waals surface area (Å²) in [5.41, 5.74) is 0.499. The van der Waals surface area contributed by atoms with Crippen LogP contribution in [0.1, 0.15) is 62.8 Å². The smallest absolute Gasteiger partial charge is 0.416 e. The van der Waals surface area contributed by atoms with Gasteiger partial charge in [0.1, 0.15) is 11.4 Å². The van der Waals surface area contributed by atoms with Crippen molar-refractivity contribution in [1.82, 2.24) is 14.8 Å². The molecule has 33 heavy (non-hydrogen) atoms. The summed E-state index contributed by atoms with van der Waals surface area (Å²) < 4.78 is 46.1. The Morgan fingerprint density at radius 2 is 1.97 bits per heavy atom. The average Bonchev–Trinajstić information content (AvgIpc) is 3.19. The lowest BCUT2D eigenvalue weighted by atomic mass is 9.83. The van der Waals surface area contributed by atoms with Crippen molar-refractivity contribution >= 4 is 17.4 Å². The number of methoxy groups -OCH3 is 1. The molecular weight excluding hydrogens is 437 g/mol. The van der Waals surface area contributed by atoms with Crippen LogP contribution in [0.4, 0.5) is 18.9 Å². The van der Waals surface area contributed by atoms with Crippen LogP contribution in [0.2, 0.25) is 0 Å². The largest absolute Gasteiger partial charge is 0.495 e. The Kier molecular flexibility index (Phi) is 5.69. The second-order valence-electron chi connectivity index (χ2n) is 7.99. The van der Waals surface area contributed by atoms with Gasteiger partial charge in [-0.1, -0.05) is 12.1 Å². The Labute approximate surface area is 187 Å². The standard InChI is InChI=1S/C23H21F3N4O3/c1-12-6-14(4-5-18(12)23(24,25)26)17-7-13(2)30-20(21(17)31)19(11-28-30)29-22(32)15-8-16(33-3)10-27-9-15/h4-6,8-11,13,17H,7H2,1-3H3,(H,29,32)/t13-,17?/m0/s1. The number of amides is 1. The Bertz CT molecular complexity index is 1240. The molecule has 1 aromatic carbocycles. The molecule has 3 heterocycles. The van der Waals surface area contributed by atoms with E-state index < -0.39 is 23.6 Å². The van der Waals surface area contributed by atoms with Crippen LogP contribution in [0.3, 0.4) is 0 Å². The molecule has 2 aromatic heterocycles. The molecule has 10 heteroatoms. The zero-order valence-electron chi connectivity index (χ0n) is 18.1. The predicted octanol–water partition coefficient (Wildman–Crippen LogP) is 4.80. The number of Topliss-reactive ketones (excluding diaryl/α,β-unsaturated/α-hetero) is 1. The van der Waals surface area contributed by atoms with Crippen LogP contribution in [0.15, 0.2) is 42.9 Å². The van der Waals surface area contributed by atoms with Gasteiger partial charge in [-0.05, 0) is 43.5 Å². The highest BCUT2D eigenvalue weighted by Gasteiger charge is 2.37. The third-order valence-corrected chi connectivity index (χ3v) is 5.76. The molecule has 172 valence electrons. The van der Waals surface area contributed by atoms with Gasteiger partial charge < -0.3 is 10.1 Å². The molecule has 1 aliphatic rings. The van der Waals surface area contributed by atoms with E-state index in [4.69, 9.17) is 4.74 Å². The van der Waals surface area contributed by atoms with Crippen molar-refractivity contribution in [2.24, 2.45) is 0 Å². The van der Waals surface area contributed by atoms with Crippen molar-refractivity contribution in [1.29, 1.82) is 0 Å². The summed E-state index contributed by atoms with van der Waals surface area (Å²) in [6, 6.07) is 5.07. The molecular formula is C23H21F3N4O3. The number of hydrogen-bond donors (Lipinski definition) is 1. The number of aryl methyl sites for hydroxylation is 1. The fourth-order valence-electron chi connectivity index (χ4n) is 4.10. The predicted molar refractivity (Wildman–Crippen MR) is 114 cm³/mol. The van der Waals surface area contributed by atoms with Crippen molar-refractivity contribution in [2.45, 2.75) is 38.4 Å². The van der Waals surface area contributed by atoms with Crippen LogP contribution in [0, 0.1) is 6.92 Å². The summed E-state index contributed by atoms with van der Waals surface area (Å²) in [5, 5.41) is 6.95. The molecule has 0 saturated heterocycles. The second-order valence-corrected chi connectivity index (χ2v) is 7.99. The van der Waals surface area contributed by atoms with E-state index in [9.17, 15) is 22.8 Å². The number of rotatable bonds is 4. The Morgan fingerprint density at radius 3 is 2.64 bits per heavy atom. The molecule has 7 nitrogen and oxygen atoms in total. The molecule has 0 fully saturated rings. The highest BCUT2D eigenvalue weighted by Crippen LogP contribution is 2.40. The number of carbonyl (C=O) groups is 2. The van der Waals surface area contributed by atoms with Gasteiger partial charge in [-0.3, -0.25) is 19.3 Å². The normalized spacial score (nSPS) is 18.1. The van der Waals surface area contributed by atoms with Gasteiger partial charge in [0.05, 0.1) is 48.3 Å². The van der Waals surface area contributed by atoms with Crippen LogP contribution in [0.25, 0.3) is 0 Å². The maximum atomic E-state index is 13.4. The molecule has 0 bridgehead atoms. The average molecular weight is 458 g/mol. The minimum absolute atomic E-state index is 0.0542. The van der Waals surface area contributed by atoms with Crippen LogP contribution < -0.4 is 10.1 Å². The number of halogens is 3. The first-order valence-corrected chi connectivity index (χ1v) is 10.2. The molecule has 0 aliphatic carbocycles. The highest BCUT2D eigenvalue weighted by molar-refractivity contribution is 6.10. The fraction of sp³-hybridized carbons (Fsp3) is 0.304. The monoisotopic (exact) mass is 458 g/mol. The molecule has 2 atom stereocenters. The van der Waals surface area contributed by atoms with Crippen molar-refractivity contribution in [3.8, 4) is 5.75 Å². The molecule has 0 saturated carbocycles. The summed E-state index contributed by atoms with van der Waals surface area (Å²) in [5.74, 6) is -1.06. The third-order valence-electron chi connectivity index (χ3n) is 5.76. The first-order valence-electron chi connectivity index (χ1n) is 10.2. The number of hydrogen-bond acceptors (Lipinski definition) is 5. The number of fused-ring (bicyclic) bond motifs is 1. The molecule has 4 rings (SSSR count). The SMILES string of the molecule is COc1cncc(C(=O)Nc2cnn3c2C(=O)C(c2ccc(C(F)(F)F)c(C)c2)C[C@@H]3C)c1. The summed E-state index contributed by atoms with van der Waals surface area (Å²) in [4.78, 5) is 30.1. The quantitative estimate of drug-likeness (QED) is 0.607. The van der Waals surface area contributed by atoms with Crippen LogP contribution in [-0.4, -0.2) is 33.6 Å². The van der Waals surface area contributed by atoms with Gasteiger partial charge in [-0.15, -0.1) is 0 Å². The topological polar surface area (TPSA) is 86.1 Å². The van der Waals surface area contributed by atoms with E-state index in [-0.39, 0.29) is 34.3 Å². The van der Waals surface area contributed by atoms with E-state index in [1.807, 2.05) is 6.92 Å². The first-order chi connectivity index (χ1) is 15.6. The third kappa shape index (κ3) is 4.20. The van der Waals surface area contributed by atoms with Crippen LogP contribution >= 0.6 is 0 Å². The van der Waals surface area contributed by atoms with Gasteiger partial charge in [0.25, 0.3) is 5.91 Å². The summed E-state index contributed by atoms with van der Waals surface area (Å²) in [6.45, 7) is 3.24.